The van der Waals surface area contributed by atoms with Gasteiger partial charge in [0.1, 0.15) is 5.82 Å². The lowest BCUT2D eigenvalue weighted by atomic mass is 9.96. The van der Waals surface area contributed by atoms with Crippen LogP contribution in [0.25, 0.3) is 11.1 Å². The molecule has 0 aliphatic heterocycles. The fourth-order valence-corrected chi connectivity index (χ4v) is 2.51. The van der Waals surface area contributed by atoms with Gasteiger partial charge in [-0.15, -0.1) is 0 Å². The summed E-state index contributed by atoms with van der Waals surface area (Å²) in [4.78, 5) is 0. The summed E-state index contributed by atoms with van der Waals surface area (Å²) in [6, 6.07) is 9.97. The first kappa shape index (κ1) is 16.0. The fourth-order valence-electron chi connectivity index (χ4n) is 2.25. The van der Waals surface area contributed by atoms with E-state index in [9.17, 15) is 4.39 Å². The standard InChI is InChI=1S/C18H21ClFN/c1-11(2)21-10-14-6-5-12(3)15(8-14)16-7-13(4)18(20)9-17(16)19/h5-9,11,21H,10H2,1-4H3. The molecule has 1 N–H and O–H groups in total. The summed E-state index contributed by atoms with van der Waals surface area (Å²) < 4.78 is 13.6. The van der Waals surface area contributed by atoms with Crippen LogP contribution in [0, 0.1) is 19.7 Å². The van der Waals surface area contributed by atoms with Gasteiger partial charge >= 0.3 is 0 Å². The second kappa shape index (κ2) is 6.59. The zero-order valence-corrected chi connectivity index (χ0v) is 13.7. The van der Waals surface area contributed by atoms with Crippen molar-refractivity contribution in [3.05, 3.63) is 57.9 Å². The maximum Gasteiger partial charge on any atom is 0.127 e. The van der Waals surface area contributed by atoms with Crippen molar-refractivity contribution in [3.8, 4) is 11.1 Å². The highest BCUT2D eigenvalue weighted by molar-refractivity contribution is 6.33. The van der Waals surface area contributed by atoms with Crippen molar-refractivity contribution < 1.29 is 4.39 Å². The van der Waals surface area contributed by atoms with Crippen molar-refractivity contribution in [1.82, 2.24) is 5.32 Å². The quantitative estimate of drug-likeness (QED) is 0.812. The minimum Gasteiger partial charge on any atom is -0.310 e. The van der Waals surface area contributed by atoms with Crippen molar-refractivity contribution >= 4 is 11.6 Å². The molecule has 0 aromatic heterocycles. The van der Waals surface area contributed by atoms with Crippen LogP contribution in [0.5, 0.6) is 0 Å². The van der Waals surface area contributed by atoms with Gasteiger partial charge in [0, 0.05) is 18.2 Å². The number of rotatable bonds is 4. The maximum absolute atomic E-state index is 13.6. The highest BCUT2D eigenvalue weighted by Gasteiger charge is 2.11. The molecule has 0 atom stereocenters. The molecule has 0 amide bonds. The Hall–Kier alpha value is -1.38. The number of hydrogen-bond acceptors (Lipinski definition) is 1. The zero-order valence-electron chi connectivity index (χ0n) is 12.9. The molecular formula is C18H21ClFN. The molecule has 0 spiro atoms. The van der Waals surface area contributed by atoms with E-state index in [1.165, 1.54) is 11.6 Å². The SMILES string of the molecule is Cc1cc(-c2cc(CNC(C)C)ccc2C)c(Cl)cc1F. The Kier molecular flexibility index (Phi) is 5.02. The minimum atomic E-state index is -0.265. The average Bonchev–Trinajstić information content (AvgIpc) is 2.42. The Labute approximate surface area is 131 Å². The van der Waals surface area contributed by atoms with Crippen LogP contribution in [-0.2, 0) is 6.54 Å². The first-order chi connectivity index (χ1) is 9.88. The Bertz CT molecular complexity index is 650. The van der Waals surface area contributed by atoms with Gasteiger partial charge in [0.25, 0.3) is 0 Å². The third kappa shape index (κ3) is 3.84. The second-order valence-corrected chi connectivity index (χ2v) is 6.17. The third-order valence-corrected chi connectivity index (χ3v) is 3.87. The Balaban J connectivity index is 2.43. The lowest BCUT2D eigenvalue weighted by Gasteiger charge is -2.13. The molecule has 0 saturated heterocycles. The van der Waals surface area contributed by atoms with Crippen molar-refractivity contribution in [2.45, 2.75) is 40.3 Å². The predicted octanol–water partition coefficient (Wildman–Crippen LogP) is 5.26. The van der Waals surface area contributed by atoms with E-state index >= 15 is 0 Å². The van der Waals surface area contributed by atoms with E-state index in [0.29, 0.717) is 16.6 Å². The van der Waals surface area contributed by atoms with Crippen LogP contribution in [0.4, 0.5) is 4.39 Å². The first-order valence-corrected chi connectivity index (χ1v) is 7.55. The number of benzene rings is 2. The number of aryl methyl sites for hydroxylation is 2. The monoisotopic (exact) mass is 305 g/mol. The lowest BCUT2D eigenvalue weighted by molar-refractivity contribution is 0.589. The van der Waals surface area contributed by atoms with Crippen molar-refractivity contribution in [2.75, 3.05) is 0 Å². The maximum atomic E-state index is 13.6. The first-order valence-electron chi connectivity index (χ1n) is 7.17. The van der Waals surface area contributed by atoms with Crippen molar-refractivity contribution in [1.29, 1.82) is 0 Å². The van der Waals surface area contributed by atoms with Gasteiger partial charge in [-0.2, -0.15) is 0 Å². The van der Waals surface area contributed by atoms with Crippen LogP contribution in [0.15, 0.2) is 30.3 Å². The Morgan fingerprint density at radius 1 is 1.05 bits per heavy atom. The molecule has 0 aliphatic carbocycles. The molecule has 0 fully saturated rings. The largest absolute Gasteiger partial charge is 0.310 e. The predicted molar refractivity (Wildman–Crippen MR) is 88.3 cm³/mol. The number of halogens is 2. The summed E-state index contributed by atoms with van der Waals surface area (Å²) in [5, 5.41) is 3.86. The highest BCUT2D eigenvalue weighted by Crippen LogP contribution is 2.33. The molecule has 21 heavy (non-hydrogen) atoms. The van der Waals surface area contributed by atoms with Gasteiger partial charge in [-0.25, -0.2) is 4.39 Å². The molecule has 112 valence electrons. The molecule has 1 nitrogen and oxygen atoms in total. The van der Waals surface area contributed by atoms with Gasteiger partial charge in [0.2, 0.25) is 0 Å². The van der Waals surface area contributed by atoms with Gasteiger partial charge in [-0.1, -0.05) is 37.6 Å². The molecule has 0 aliphatic rings. The normalized spacial score (nSPS) is 11.2. The molecule has 3 heteroatoms. The van der Waals surface area contributed by atoms with Crippen LogP contribution in [0.3, 0.4) is 0 Å². The number of hydrogen-bond donors (Lipinski definition) is 1. The molecule has 0 radical (unpaired) electrons. The van der Waals surface area contributed by atoms with Crippen LogP contribution in [-0.4, -0.2) is 6.04 Å². The van der Waals surface area contributed by atoms with Crippen LogP contribution in [0.2, 0.25) is 5.02 Å². The lowest BCUT2D eigenvalue weighted by Crippen LogP contribution is -2.21. The Morgan fingerprint density at radius 3 is 2.43 bits per heavy atom. The van der Waals surface area contributed by atoms with Crippen LogP contribution >= 0.6 is 11.6 Å². The van der Waals surface area contributed by atoms with E-state index in [4.69, 9.17) is 11.6 Å². The summed E-state index contributed by atoms with van der Waals surface area (Å²) in [5.74, 6) is -0.265. The van der Waals surface area contributed by atoms with E-state index in [1.807, 2.05) is 13.0 Å². The zero-order chi connectivity index (χ0) is 15.6. The van der Waals surface area contributed by atoms with E-state index in [2.05, 4.69) is 37.4 Å². The van der Waals surface area contributed by atoms with Gasteiger partial charge < -0.3 is 5.32 Å². The second-order valence-electron chi connectivity index (χ2n) is 5.77. The van der Waals surface area contributed by atoms with Crippen molar-refractivity contribution in [3.63, 3.8) is 0 Å². The average molecular weight is 306 g/mol. The smallest absolute Gasteiger partial charge is 0.127 e. The summed E-state index contributed by atoms with van der Waals surface area (Å²) >= 11 is 6.23. The van der Waals surface area contributed by atoms with E-state index in [1.54, 1.807) is 6.92 Å². The van der Waals surface area contributed by atoms with E-state index in [-0.39, 0.29) is 5.82 Å². The minimum absolute atomic E-state index is 0.265. The van der Waals surface area contributed by atoms with Gasteiger partial charge in [-0.05, 0) is 54.3 Å². The highest BCUT2D eigenvalue weighted by atomic mass is 35.5. The topological polar surface area (TPSA) is 12.0 Å². The molecule has 2 aromatic carbocycles. The molecule has 0 bridgehead atoms. The van der Waals surface area contributed by atoms with Crippen LogP contribution in [0.1, 0.15) is 30.5 Å². The van der Waals surface area contributed by atoms with Gasteiger partial charge in [-0.3, -0.25) is 0 Å². The van der Waals surface area contributed by atoms with Gasteiger partial charge in [0.05, 0.1) is 5.02 Å². The molecule has 2 aromatic rings. The third-order valence-electron chi connectivity index (χ3n) is 3.55. The Morgan fingerprint density at radius 2 is 1.76 bits per heavy atom. The van der Waals surface area contributed by atoms with Crippen molar-refractivity contribution in [2.24, 2.45) is 0 Å². The summed E-state index contributed by atoms with van der Waals surface area (Å²) in [5.41, 5.74) is 4.89. The fraction of sp³-hybridized carbons (Fsp3) is 0.333. The summed E-state index contributed by atoms with van der Waals surface area (Å²) in [6.07, 6.45) is 0. The van der Waals surface area contributed by atoms with Gasteiger partial charge in [0.15, 0.2) is 0 Å². The molecule has 0 heterocycles. The molecular weight excluding hydrogens is 285 g/mol. The number of nitrogens with one attached hydrogen (secondary N) is 1. The molecule has 2 rings (SSSR count). The van der Waals surface area contributed by atoms with E-state index in [0.717, 1.165) is 23.2 Å². The summed E-state index contributed by atoms with van der Waals surface area (Å²) in [7, 11) is 0. The van der Waals surface area contributed by atoms with E-state index < -0.39 is 0 Å². The molecule has 0 unspecified atom stereocenters. The molecule has 0 saturated carbocycles. The van der Waals surface area contributed by atoms with Crippen LogP contribution < -0.4 is 5.32 Å². The summed E-state index contributed by atoms with van der Waals surface area (Å²) in [6.45, 7) is 8.85.